The highest BCUT2D eigenvalue weighted by Gasteiger charge is 2.26. The Morgan fingerprint density at radius 3 is 2.45 bits per heavy atom. The summed E-state index contributed by atoms with van der Waals surface area (Å²) in [5.74, 6) is 1.48. The first kappa shape index (κ1) is 29.6. The van der Waals surface area contributed by atoms with Gasteiger partial charge in [-0.05, 0) is 74.7 Å². The Morgan fingerprint density at radius 1 is 1.08 bits per heavy atom. The number of carbonyl (C=O) groups is 1. The first-order chi connectivity index (χ1) is 18.4. The maximum atomic E-state index is 13.7. The number of nitrogens with one attached hydrogen (secondary N) is 1. The Bertz CT molecular complexity index is 1240. The minimum Gasteiger partial charge on any atom is -0.495 e. The first-order valence-corrected chi connectivity index (χ1v) is 14.8. The zero-order valence-electron chi connectivity index (χ0n) is 23.3. The molecule has 2 aromatic carbocycles. The van der Waals surface area contributed by atoms with Gasteiger partial charge in [0.15, 0.2) is 0 Å². The molecular weight excluding hydrogens is 498 g/mol. The van der Waals surface area contributed by atoms with Crippen molar-refractivity contribution in [1.29, 1.82) is 0 Å². The van der Waals surface area contributed by atoms with Crippen LogP contribution in [0, 0.1) is 0 Å². The Hall–Kier alpha value is -2.97. The molecule has 7 nitrogen and oxygen atoms in total. The fourth-order valence-electron chi connectivity index (χ4n) is 4.58. The van der Waals surface area contributed by atoms with Crippen molar-refractivity contribution in [1.82, 2.24) is 4.90 Å². The lowest BCUT2D eigenvalue weighted by atomic mass is 10.1. The van der Waals surface area contributed by atoms with Crippen molar-refractivity contribution in [3.63, 3.8) is 0 Å². The molecule has 206 valence electrons. The number of anilines is 3. The van der Waals surface area contributed by atoms with Crippen molar-refractivity contribution in [2.45, 2.75) is 52.0 Å². The molecule has 0 bridgehead atoms. The minimum atomic E-state index is -0.413. The van der Waals surface area contributed by atoms with Crippen LogP contribution in [0.15, 0.2) is 57.7 Å². The van der Waals surface area contributed by atoms with Crippen molar-refractivity contribution in [3.05, 3.63) is 59.0 Å². The molecule has 8 heteroatoms. The third-order valence-corrected chi connectivity index (χ3v) is 7.40. The zero-order chi connectivity index (χ0) is 27.5. The number of methoxy groups -OCH3 is 1. The Balaban J connectivity index is 1.93. The molecule has 38 heavy (non-hydrogen) atoms. The topological polar surface area (TPSA) is 75.0 Å². The SMILES string of the molecule is CCCCN(CCCC)[C@@H](CCSC)C(=O)Nc1cc(N(C)c2cc(=O)oc3ccccc23)ccc1OC. The fraction of sp³-hybridized carbons (Fsp3) is 0.467. The molecule has 0 aliphatic heterocycles. The lowest BCUT2D eigenvalue weighted by molar-refractivity contribution is -0.121. The van der Waals surface area contributed by atoms with Crippen LogP contribution in [0.25, 0.3) is 11.0 Å². The van der Waals surface area contributed by atoms with E-state index in [4.69, 9.17) is 9.15 Å². The number of nitrogens with zero attached hydrogens (tertiary/aromatic N) is 2. The summed E-state index contributed by atoms with van der Waals surface area (Å²) in [5, 5.41) is 4.01. The van der Waals surface area contributed by atoms with Gasteiger partial charge in [0.05, 0.1) is 24.5 Å². The summed E-state index contributed by atoms with van der Waals surface area (Å²) in [6.45, 7) is 6.18. The van der Waals surface area contributed by atoms with E-state index in [0.29, 0.717) is 17.0 Å². The average molecular weight is 540 g/mol. The van der Waals surface area contributed by atoms with Crippen LogP contribution in [0.2, 0.25) is 0 Å². The van der Waals surface area contributed by atoms with Gasteiger partial charge in [-0.15, -0.1) is 0 Å². The lowest BCUT2D eigenvalue weighted by Crippen LogP contribution is -2.45. The summed E-state index contributed by atoms with van der Waals surface area (Å²) in [5.41, 5.74) is 2.26. The number of thioether (sulfide) groups is 1. The largest absolute Gasteiger partial charge is 0.495 e. The van der Waals surface area contributed by atoms with Crippen molar-refractivity contribution in [3.8, 4) is 5.75 Å². The van der Waals surface area contributed by atoms with Crippen molar-refractivity contribution < 1.29 is 13.9 Å². The maximum absolute atomic E-state index is 13.7. The molecule has 0 aliphatic carbocycles. The quantitative estimate of drug-likeness (QED) is 0.220. The standard InChI is InChI=1S/C30H41N3O4S/c1-6-8-17-33(18-9-7-2)25(16-19-38-5)30(35)31-24-20-22(14-15-28(24)36-4)32(3)26-21-29(34)37-27-13-11-10-12-23(26)27/h10-15,20-21,25H,6-9,16-19H2,1-5H3,(H,31,35)/t25-/m0/s1. The highest BCUT2D eigenvalue weighted by molar-refractivity contribution is 7.98. The molecule has 0 unspecified atom stereocenters. The summed E-state index contributed by atoms with van der Waals surface area (Å²) in [7, 11) is 3.50. The second kappa shape index (κ2) is 14.8. The number of unbranched alkanes of at least 4 members (excludes halogenated alkanes) is 2. The second-order valence-electron chi connectivity index (χ2n) is 9.42. The summed E-state index contributed by atoms with van der Waals surface area (Å²) < 4.78 is 11.0. The number of hydrogen-bond acceptors (Lipinski definition) is 7. The summed E-state index contributed by atoms with van der Waals surface area (Å²) in [6.07, 6.45) is 7.18. The minimum absolute atomic E-state index is 0.0184. The van der Waals surface area contributed by atoms with E-state index >= 15 is 0 Å². The van der Waals surface area contributed by atoms with E-state index in [1.807, 2.05) is 48.3 Å². The molecule has 1 N–H and O–H groups in total. The van der Waals surface area contributed by atoms with Crippen LogP contribution in [-0.2, 0) is 4.79 Å². The molecule has 0 saturated carbocycles. The Labute approximate surface area is 230 Å². The number of benzene rings is 2. The van der Waals surface area contributed by atoms with Crippen LogP contribution >= 0.6 is 11.8 Å². The molecule has 3 rings (SSSR count). The van der Waals surface area contributed by atoms with Gasteiger partial charge in [-0.2, -0.15) is 11.8 Å². The number of ether oxygens (including phenoxy) is 1. The molecule has 1 atom stereocenters. The fourth-order valence-corrected chi connectivity index (χ4v) is 5.04. The van der Waals surface area contributed by atoms with Gasteiger partial charge in [0.1, 0.15) is 11.3 Å². The number of hydrogen-bond donors (Lipinski definition) is 1. The van der Waals surface area contributed by atoms with Gasteiger partial charge in [0.25, 0.3) is 0 Å². The van der Waals surface area contributed by atoms with Gasteiger partial charge < -0.3 is 19.4 Å². The van der Waals surface area contributed by atoms with Gasteiger partial charge >= 0.3 is 5.63 Å². The van der Waals surface area contributed by atoms with Gasteiger partial charge in [0, 0.05) is 24.2 Å². The number of amides is 1. The molecule has 0 spiro atoms. The molecule has 1 heterocycles. The maximum Gasteiger partial charge on any atom is 0.338 e. The van der Waals surface area contributed by atoms with Crippen LogP contribution in [0.5, 0.6) is 5.75 Å². The molecule has 0 saturated heterocycles. The lowest BCUT2D eigenvalue weighted by Gasteiger charge is -2.31. The van der Waals surface area contributed by atoms with Crippen LogP contribution in [-0.4, -0.2) is 56.1 Å². The normalized spacial score (nSPS) is 12.1. The number of rotatable bonds is 15. The highest BCUT2D eigenvalue weighted by atomic mass is 32.2. The van der Waals surface area contributed by atoms with E-state index in [-0.39, 0.29) is 11.9 Å². The Morgan fingerprint density at radius 2 is 1.79 bits per heavy atom. The molecule has 0 aliphatic rings. The summed E-state index contributed by atoms with van der Waals surface area (Å²) in [6, 6.07) is 14.4. The van der Waals surface area contributed by atoms with Gasteiger partial charge in [-0.25, -0.2) is 4.79 Å². The van der Waals surface area contributed by atoms with E-state index in [2.05, 4.69) is 30.3 Å². The predicted octanol–water partition coefficient (Wildman–Crippen LogP) is 6.53. The van der Waals surface area contributed by atoms with Crippen LogP contribution in [0.1, 0.15) is 46.0 Å². The number of para-hydroxylation sites is 1. The molecule has 1 aromatic heterocycles. The number of fused-ring (bicyclic) bond motifs is 1. The van der Waals surface area contributed by atoms with E-state index in [1.165, 1.54) is 6.07 Å². The molecule has 0 fully saturated rings. The average Bonchev–Trinajstić information content (AvgIpc) is 2.93. The third-order valence-electron chi connectivity index (χ3n) is 6.75. The van der Waals surface area contributed by atoms with E-state index in [0.717, 1.165) is 67.7 Å². The van der Waals surface area contributed by atoms with Gasteiger partial charge in [0.2, 0.25) is 5.91 Å². The monoisotopic (exact) mass is 539 g/mol. The predicted molar refractivity (Wildman–Crippen MR) is 160 cm³/mol. The molecule has 0 radical (unpaired) electrons. The van der Waals surface area contributed by atoms with Gasteiger partial charge in [-0.3, -0.25) is 9.69 Å². The van der Waals surface area contributed by atoms with E-state index in [9.17, 15) is 9.59 Å². The molecule has 3 aromatic rings. The Kier molecular flexibility index (Phi) is 11.5. The number of carbonyl (C=O) groups excluding carboxylic acids is 1. The highest BCUT2D eigenvalue weighted by Crippen LogP contribution is 2.35. The van der Waals surface area contributed by atoms with Crippen molar-refractivity contribution >= 4 is 45.7 Å². The summed E-state index contributed by atoms with van der Waals surface area (Å²) >= 11 is 1.76. The smallest absolute Gasteiger partial charge is 0.338 e. The van der Waals surface area contributed by atoms with Gasteiger partial charge in [-0.1, -0.05) is 38.8 Å². The zero-order valence-corrected chi connectivity index (χ0v) is 24.1. The van der Waals surface area contributed by atoms with Crippen molar-refractivity contribution in [2.75, 3.05) is 49.5 Å². The third kappa shape index (κ3) is 7.54. The van der Waals surface area contributed by atoms with Crippen LogP contribution < -0.4 is 20.6 Å². The van der Waals surface area contributed by atoms with Crippen molar-refractivity contribution in [2.24, 2.45) is 0 Å². The van der Waals surface area contributed by atoms with Crippen LogP contribution in [0.3, 0.4) is 0 Å². The molecule has 1 amide bonds. The second-order valence-corrected chi connectivity index (χ2v) is 10.4. The summed E-state index contributed by atoms with van der Waals surface area (Å²) in [4.78, 5) is 30.3. The van der Waals surface area contributed by atoms with E-state index < -0.39 is 5.63 Å². The first-order valence-electron chi connectivity index (χ1n) is 13.4. The van der Waals surface area contributed by atoms with E-state index in [1.54, 1.807) is 24.9 Å². The van der Waals surface area contributed by atoms with Crippen LogP contribution in [0.4, 0.5) is 17.1 Å². The molecular formula is C30H41N3O4S.